The number of rotatable bonds is 14. The molecule has 0 aromatic carbocycles. The first-order valence-corrected chi connectivity index (χ1v) is 10.4. The van der Waals surface area contributed by atoms with Crippen LogP contribution in [0, 0.1) is 0 Å². The van der Waals surface area contributed by atoms with Gasteiger partial charge in [-0.15, -0.1) is 0 Å². The van der Waals surface area contributed by atoms with Crippen molar-refractivity contribution >= 4 is 10.0 Å². The van der Waals surface area contributed by atoms with E-state index in [0.29, 0.717) is 0 Å². The Bertz CT molecular complexity index is 288. The number of nitrogens with one attached hydrogen (secondary N) is 1. The first kappa shape index (κ1) is 19.9. The zero-order valence-electron chi connectivity index (χ0n) is 13.8. The van der Waals surface area contributed by atoms with Crippen molar-refractivity contribution in [1.29, 1.82) is 0 Å². The van der Waals surface area contributed by atoms with Gasteiger partial charge in [-0.3, -0.25) is 0 Å². The molecule has 0 heterocycles. The molecule has 0 radical (unpaired) electrons. The van der Waals surface area contributed by atoms with Crippen LogP contribution < -0.4 is 4.72 Å². The lowest BCUT2D eigenvalue weighted by Crippen LogP contribution is -2.33. The molecule has 0 aromatic heterocycles. The smallest absolute Gasteiger partial charge is 0.208 e. The minimum atomic E-state index is -3.07. The lowest BCUT2D eigenvalue weighted by molar-refractivity contribution is 0.455. The van der Waals surface area contributed by atoms with E-state index in [4.69, 9.17) is 0 Å². The third-order valence-electron chi connectivity index (χ3n) is 3.69. The first-order chi connectivity index (χ1) is 9.49. The zero-order valence-corrected chi connectivity index (χ0v) is 14.6. The molecule has 0 saturated heterocycles. The van der Waals surface area contributed by atoms with Gasteiger partial charge in [0, 0.05) is 6.04 Å². The summed E-state index contributed by atoms with van der Waals surface area (Å²) in [4.78, 5) is 0. The lowest BCUT2D eigenvalue weighted by atomic mass is 10.0. The number of sulfonamides is 1. The van der Waals surface area contributed by atoms with Crippen molar-refractivity contribution in [1.82, 2.24) is 4.72 Å². The maximum absolute atomic E-state index is 11.4. The van der Waals surface area contributed by atoms with Gasteiger partial charge in [-0.2, -0.15) is 0 Å². The maximum atomic E-state index is 11.4. The summed E-state index contributed by atoms with van der Waals surface area (Å²) in [5.41, 5.74) is 0. The summed E-state index contributed by atoms with van der Waals surface area (Å²) in [6.07, 6.45) is 15.6. The summed E-state index contributed by atoms with van der Waals surface area (Å²) in [6.45, 7) is 4.43. The molecule has 0 unspecified atom stereocenters. The van der Waals surface area contributed by atoms with Crippen molar-refractivity contribution in [3.63, 3.8) is 0 Å². The van der Waals surface area contributed by atoms with Gasteiger partial charge in [0.05, 0.1) is 6.26 Å². The van der Waals surface area contributed by atoms with Gasteiger partial charge in [0.2, 0.25) is 10.0 Å². The van der Waals surface area contributed by atoms with Crippen LogP contribution in [0.25, 0.3) is 0 Å². The van der Waals surface area contributed by atoms with Crippen LogP contribution in [0.4, 0.5) is 0 Å². The highest BCUT2D eigenvalue weighted by atomic mass is 32.2. The van der Waals surface area contributed by atoms with Gasteiger partial charge in [-0.25, -0.2) is 13.1 Å². The monoisotopic (exact) mass is 305 g/mol. The Morgan fingerprint density at radius 2 is 1.15 bits per heavy atom. The van der Waals surface area contributed by atoms with E-state index in [9.17, 15) is 8.42 Å². The topological polar surface area (TPSA) is 46.2 Å². The number of unbranched alkanes of at least 4 members (excludes halogenated alkanes) is 8. The van der Waals surface area contributed by atoms with Gasteiger partial charge in [0.15, 0.2) is 0 Å². The summed E-state index contributed by atoms with van der Waals surface area (Å²) < 4.78 is 25.6. The molecule has 0 spiro atoms. The fraction of sp³-hybridized carbons (Fsp3) is 1.00. The molecule has 0 atom stereocenters. The second kappa shape index (κ2) is 12.6. The van der Waals surface area contributed by atoms with Crippen LogP contribution >= 0.6 is 0 Å². The molecule has 0 saturated carbocycles. The Kier molecular flexibility index (Phi) is 12.6. The fourth-order valence-electron chi connectivity index (χ4n) is 2.55. The Morgan fingerprint density at radius 3 is 1.50 bits per heavy atom. The SMILES string of the molecule is CCCCCCCC(CCCCCCC)NS(C)(=O)=O. The van der Waals surface area contributed by atoms with E-state index < -0.39 is 10.0 Å². The van der Waals surface area contributed by atoms with Crippen molar-refractivity contribution in [2.45, 2.75) is 96.9 Å². The van der Waals surface area contributed by atoms with E-state index in [1.807, 2.05) is 0 Å². The van der Waals surface area contributed by atoms with Gasteiger partial charge >= 0.3 is 0 Å². The van der Waals surface area contributed by atoms with E-state index in [2.05, 4.69) is 18.6 Å². The molecule has 0 aromatic rings. The Morgan fingerprint density at radius 1 is 0.750 bits per heavy atom. The average Bonchev–Trinajstić information content (AvgIpc) is 2.36. The summed E-state index contributed by atoms with van der Waals surface area (Å²) in [5.74, 6) is 0. The van der Waals surface area contributed by atoms with Gasteiger partial charge < -0.3 is 0 Å². The quantitative estimate of drug-likeness (QED) is 0.476. The van der Waals surface area contributed by atoms with Gasteiger partial charge in [0.1, 0.15) is 0 Å². The van der Waals surface area contributed by atoms with Crippen molar-refractivity contribution in [2.24, 2.45) is 0 Å². The molecular formula is C16H35NO2S. The third-order valence-corrected chi connectivity index (χ3v) is 4.45. The summed E-state index contributed by atoms with van der Waals surface area (Å²) in [7, 11) is -3.07. The van der Waals surface area contributed by atoms with Crippen LogP contribution in [-0.2, 0) is 10.0 Å². The molecule has 3 nitrogen and oxygen atoms in total. The third kappa shape index (κ3) is 14.3. The lowest BCUT2D eigenvalue weighted by Gasteiger charge is -2.17. The standard InChI is InChI=1S/C16H35NO2S/c1-4-6-8-10-12-14-16(17-20(3,18)19)15-13-11-9-7-5-2/h16-17H,4-15H2,1-3H3. The van der Waals surface area contributed by atoms with Crippen molar-refractivity contribution in [3.8, 4) is 0 Å². The van der Waals surface area contributed by atoms with Crippen LogP contribution in [-0.4, -0.2) is 20.7 Å². The van der Waals surface area contributed by atoms with Gasteiger partial charge in [-0.05, 0) is 12.8 Å². The second-order valence-corrected chi connectivity index (χ2v) is 7.77. The predicted molar refractivity (Wildman–Crippen MR) is 88.5 cm³/mol. The fourth-order valence-corrected chi connectivity index (χ4v) is 3.39. The van der Waals surface area contributed by atoms with Crippen LogP contribution in [0.2, 0.25) is 0 Å². The molecule has 0 aliphatic rings. The number of hydrogen-bond donors (Lipinski definition) is 1. The van der Waals surface area contributed by atoms with Crippen LogP contribution in [0.1, 0.15) is 90.9 Å². The molecule has 0 fully saturated rings. The van der Waals surface area contributed by atoms with Gasteiger partial charge in [0.25, 0.3) is 0 Å². The van der Waals surface area contributed by atoms with E-state index in [-0.39, 0.29) is 6.04 Å². The highest BCUT2D eigenvalue weighted by Crippen LogP contribution is 2.14. The summed E-state index contributed by atoms with van der Waals surface area (Å²) in [6, 6.07) is 0.147. The highest BCUT2D eigenvalue weighted by molar-refractivity contribution is 7.88. The van der Waals surface area contributed by atoms with E-state index >= 15 is 0 Å². The molecule has 0 bridgehead atoms. The maximum Gasteiger partial charge on any atom is 0.208 e. The molecule has 1 N–H and O–H groups in total. The zero-order chi connectivity index (χ0) is 15.3. The molecule has 0 amide bonds. The average molecular weight is 306 g/mol. The molecular weight excluding hydrogens is 270 g/mol. The first-order valence-electron chi connectivity index (χ1n) is 8.47. The van der Waals surface area contributed by atoms with E-state index in [1.54, 1.807) is 0 Å². The van der Waals surface area contributed by atoms with Crippen molar-refractivity contribution in [3.05, 3.63) is 0 Å². The molecule has 122 valence electrons. The summed E-state index contributed by atoms with van der Waals surface area (Å²) >= 11 is 0. The molecule has 20 heavy (non-hydrogen) atoms. The minimum absolute atomic E-state index is 0.147. The predicted octanol–water partition coefficient (Wildman–Crippen LogP) is 4.63. The minimum Gasteiger partial charge on any atom is -0.213 e. The van der Waals surface area contributed by atoms with Crippen LogP contribution in [0.3, 0.4) is 0 Å². The molecule has 4 heteroatoms. The molecule has 0 rings (SSSR count). The number of hydrogen-bond acceptors (Lipinski definition) is 2. The Balaban J connectivity index is 3.89. The normalized spacial score (nSPS) is 12.2. The summed E-state index contributed by atoms with van der Waals surface area (Å²) in [5, 5.41) is 0. The second-order valence-electron chi connectivity index (χ2n) is 5.99. The highest BCUT2D eigenvalue weighted by Gasteiger charge is 2.13. The van der Waals surface area contributed by atoms with Crippen LogP contribution in [0.5, 0.6) is 0 Å². The Labute approximate surface area is 127 Å². The van der Waals surface area contributed by atoms with Crippen molar-refractivity contribution < 1.29 is 8.42 Å². The molecule has 0 aliphatic heterocycles. The Hall–Kier alpha value is -0.0900. The van der Waals surface area contributed by atoms with E-state index in [0.717, 1.165) is 25.7 Å². The molecule has 0 aliphatic carbocycles. The van der Waals surface area contributed by atoms with Crippen LogP contribution in [0.15, 0.2) is 0 Å². The van der Waals surface area contributed by atoms with Gasteiger partial charge in [-0.1, -0.05) is 78.1 Å². The van der Waals surface area contributed by atoms with Crippen molar-refractivity contribution in [2.75, 3.05) is 6.26 Å². The largest absolute Gasteiger partial charge is 0.213 e. The van der Waals surface area contributed by atoms with E-state index in [1.165, 1.54) is 57.6 Å².